The number of rotatable bonds is 9. The minimum Gasteiger partial charge on any atom is -0.389 e. The number of likely N-dealkylation sites (N-methyl/N-ethyl adjacent to an activating group) is 2. The van der Waals surface area contributed by atoms with Crippen molar-refractivity contribution in [2.45, 2.75) is 24.7 Å². The number of aliphatic hydroxyl groups excluding tert-OH is 1. The van der Waals surface area contributed by atoms with Crippen LogP contribution >= 0.6 is 0 Å². The lowest BCUT2D eigenvalue weighted by molar-refractivity contribution is -0.137. The van der Waals surface area contributed by atoms with Gasteiger partial charge >= 0.3 is 6.18 Å². The Labute approximate surface area is 207 Å². The number of primary amides is 1. The Bertz CT molecular complexity index is 1200. The van der Waals surface area contributed by atoms with E-state index in [2.05, 4.69) is 4.98 Å². The molecule has 2 atom stereocenters. The van der Waals surface area contributed by atoms with Crippen molar-refractivity contribution < 1.29 is 27.9 Å². The van der Waals surface area contributed by atoms with Crippen LogP contribution in [0.1, 0.15) is 31.8 Å². The minimum absolute atomic E-state index is 0.0700. The number of nitrogens with two attached hydrogens (primary N) is 1. The van der Waals surface area contributed by atoms with E-state index in [0.717, 1.165) is 17.8 Å². The van der Waals surface area contributed by atoms with Crippen molar-refractivity contribution >= 4 is 17.5 Å². The fourth-order valence-corrected chi connectivity index (χ4v) is 3.85. The zero-order valence-electron chi connectivity index (χ0n) is 19.8. The number of amides is 2. The molecule has 0 saturated heterocycles. The molecule has 0 radical (unpaired) electrons. The fraction of sp³-hybridized carbons (Fsp3) is 0.269. The first kappa shape index (κ1) is 26.7. The number of hydrogen-bond donors (Lipinski definition) is 2. The molecule has 0 aliphatic heterocycles. The number of carbonyl (C=O) groups is 2. The highest BCUT2D eigenvalue weighted by molar-refractivity contribution is 5.99. The van der Waals surface area contributed by atoms with Crippen molar-refractivity contribution in [2.75, 3.05) is 25.5 Å². The van der Waals surface area contributed by atoms with Gasteiger partial charge in [-0.05, 0) is 36.2 Å². The summed E-state index contributed by atoms with van der Waals surface area (Å²) < 4.78 is 39.4. The average Bonchev–Trinajstić information content (AvgIpc) is 2.86. The van der Waals surface area contributed by atoms with E-state index in [-0.39, 0.29) is 29.8 Å². The molecule has 0 bridgehead atoms. The number of benzene rings is 2. The van der Waals surface area contributed by atoms with Crippen molar-refractivity contribution in [2.24, 2.45) is 5.73 Å². The molecule has 3 N–H and O–H groups in total. The van der Waals surface area contributed by atoms with E-state index in [1.807, 2.05) is 30.3 Å². The van der Waals surface area contributed by atoms with Crippen LogP contribution in [0.5, 0.6) is 0 Å². The van der Waals surface area contributed by atoms with Crippen molar-refractivity contribution in [1.82, 2.24) is 9.88 Å². The number of alkyl halides is 3. The minimum atomic E-state index is -4.55. The molecule has 0 unspecified atom stereocenters. The topological polar surface area (TPSA) is 99.8 Å². The Balaban J connectivity index is 1.86. The first-order chi connectivity index (χ1) is 17.0. The molecule has 10 heteroatoms. The molecule has 2 amide bonds. The number of pyridine rings is 1. The van der Waals surface area contributed by atoms with E-state index >= 15 is 0 Å². The highest BCUT2D eigenvalue weighted by Gasteiger charge is 2.32. The van der Waals surface area contributed by atoms with Crippen LogP contribution in [0.4, 0.5) is 18.9 Å². The third kappa shape index (κ3) is 6.60. The summed E-state index contributed by atoms with van der Waals surface area (Å²) in [4.78, 5) is 31.3. The van der Waals surface area contributed by atoms with Crippen LogP contribution in [0.25, 0.3) is 0 Å². The van der Waals surface area contributed by atoms with Crippen molar-refractivity contribution in [1.29, 1.82) is 0 Å². The van der Waals surface area contributed by atoms with Crippen molar-refractivity contribution in [3.05, 3.63) is 95.3 Å². The number of anilines is 1. The summed E-state index contributed by atoms with van der Waals surface area (Å²) >= 11 is 0. The molecule has 36 heavy (non-hydrogen) atoms. The van der Waals surface area contributed by atoms with Gasteiger partial charge in [-0.3, -0.25) is 14.6 Å². The van der Waals surface area contributed by atoms with Gasteiger partial charge in [-0.1, -0.05) is 36.4 Å². The highest BCUT2D eigenvalue weighted by Crippen LogP contribution is 2.30. The van der Waals surface area contributed by atoms with Crippen LogP contribution in [0.15, 0.2) is 73.1 Å². The molecule has 3 rings (SSSR count). The predicted octanol–water partition coefficient (Wildman–Crippen LogP) is 3.38. The van der Waals surface area contributed by atoms with Gasteiger partial charge in [0.1, 0.15) is 0 Å². The molecule has 1 heterocycles. The molecule has 0 saturated carbocycles. The lowest BCUT2D eigenvalue weighted by Gasteiger charge is -2.35. The smallest absolute Gasteiger partial charge is 0.389 e. The summed E-state index contributed by atoms with van der Waals surface area (Å²) in [6.07, 6.45) is -3.39. The third-order valence-corrected chi connectivity index (χ3v) is 5.90. The second-order valence-corrected chi connectivity index (χ2v) is 8.50. The maximum absolute atomic E-state index is 13.3. The Hall–Kier alpha value is -3.92. The summed E-state index contributed by atoms with van der Waals surface area (Å²) in [5, 5.41) is 11.2. The molecule has 0 aliphatic carbocycles. The van der Waals surface area contributed by atoms with Gasteiger partial charge in [0.25, 0.3) is 5.91 Å². The Kier molecular flexibility index (Phi) is 8.31. The van der Waals surface area contributed by atoms with Gasteiger partial charge in [-0.2, -0.15) is 13.2 Å². The molecule has 0 aliphatic rings. The normalized spacial score (nSPS) is 13.1. The van der Waals surface area contributed by atoms with Crippen molar-refractivity contribution in [3.63, 3.8) is 0 Å². The summed E-state index contributed by atoms with van der Waals surface area (Å²) in [5.41, 5.74) is 5.85. The van der Waals surface area contributed by atoms with Crippen LogP contribution in [-0.2, 0) is 12.6 Å². The van der Waals surface area contributed by atoms with Crippen LogP contribution < -0.4 is 10.6 Å². The zero-order valence-corrected chi connectivity index (χ0v) is 19.8. The van der Waals surface area contributed by atoms with E-state index in [1.165, 1.54) is 54.4 Å². The number of halogens is 3. The Morgan fingerprint density at radius 1 is 1.00 bits per heavy atom. The second kappa shape index (κ2) is 11.2. The molecular formula is C26H27F3N4O3. The largest absolute Gasteiger partial charge is 0.417 e. The van der Waals surface area contributed by atoms with Crippen LogP contribution in [-0.4, -0.2) is 59.6 Å². The van der Waals surface area contributed by atoms with E-state index in [0.29, 0.717) is 0 Å². The predicted molar refractivity (Wildman–Crippen MR) is 130 cm³/mol. The fourth-order valence-electron chi connectivity index (χ4n) is 3.85. The van der Waals surface area contributed by atoms with Crippen LogP contribution in [0, 0.1) is 0 Å². The Morgan fingerprint density at radius 3 is 2.31 bits per heavy atom. The number of aliphatic hydroxyl groups is 1. The maximum atomic E-state index is 13.3. The molecule has 0 spiro atoms. The van der Waals surface area contributed by atoms with Crippen molar-refractivity contribution in [3.8, 4) is 0 Å². The van der Waals surface area contributed by atoms with E-state index in [1.54, 1.807) is 0 Å². The molecule has 3 aromatic rings. The van der Waals surface area contributed by atoms with Gasteiger partial charge in [0.05, 0.1) is 29.6 Å². The summed E-state index contributed by atoms with van der Waals surface area (Å²) in [6.45, 7) is -0.0700. The van der Waals surface area contributed by atoms with Gasteiger partial charge in [0.2, 0.25) is 5.91 Å². The number of hydrogen-bond acceptors (Lipinski definition) is 5. The lowest BCUT2D eigenvalue weighted by atomic mass is 9.98. The van der Waals surface area contributed by atoms with Gasteiger partial charge in [-0.25, -0.2) is 0 Å². The lowest BCUT2D eigenvalue weighted by Crippen LogP contribution is -2.50. The van der Waals surface area contributed by atoms with E-state index < -0.39 is 35.7 Å². The van der Waals surface area contributed by atoms with Crippen LogP contribution in [0.2, 0.25) is 0 Å². The third-order valence-electron chi connectivity index (χ3n) is 5.90. The first-order valence-corrected chi connectivity index (χ1v) is 11.1. The standard InChI is InChI=1S/C26H27F3N4O3/c1-32(21-13-20(14-31-15-21)26(27,28)29)16-23(34)22(11-17-7-4-3-5-8-17)33(2)25(36)19-10-6-9-18(12-19)24(30)35/h3-10,12-15,22-23,34H,11,16H2,1-2H3,(H2,30,35)/t22-,23+/m0/s1. The van der Waals surface area contributed by atoms with Gasteiger partial charge in [-0.15, -0.1) is 0 Å². The van der Waals surface area contributed by atoms with E-state index in [4.69, 9.17) is 5.73 Å². The van der Waals surface area contributed by atoms with E-state index in [9.17, 15) is 27.9 Å². The maximum Gasteiger partial charge on any atom is 0.417 e. The molecule has 7 nitrogen and oxygen atoms in total. The van der Waals surface area contributed by atoms with Crippen LogP contribution in [0.3, 0.4) is 0 Å². The number of carbonyl (C=O) groups excluding carboxylic acids is 2. The number of nitrogens with zero attached hydrogens (tertiary/aromatic N) is 3. The second-order valence-electron chi connectivity index (χ2n) is 8.50. The molecule has 1 aromatic heterocycles. The monoisotopic (exact) mass is 500 g/mol. The first-order valence-electron chi connectivity index (χ1n) is 11.1. The van der Waals surface area contributed by atoms with Gasteiger partial charge < -0.3 is 20.6 Å². The van der Waals surface area contributed by atoms with Gasteiger partial charge in [0.15, 0.2) is 0 Å². The Morgan fingerprint density at radius 2 is 1.67 bits per heavy atom. The average molecular weight is 501 g/mol. The summed E-state index contributed by atoms with van der Waals surface area (Å²) in [6, 6.07) is 15.4. The quantitative estimate of drug-likeness (QED) is 0.469. The molecule has 0 fully saturated rings. The SMILES string of the molecule is CN(C[C@@H](O)[C@H](Cc1ccccc1)N(C)C(=O)c1cccc(C(N)=O)c1)c1cncc(C(F)(F)F)c1. The van der Waals surface area contributed by atoms with Gasteiger partial charge in [0, 0.05) is 38.0 Å². The summed E-state index contributed by atoms with van der Waals surface area (Å²) in [5.74, 6) is -1.12. The number of aromatic nitrogens is 1. The molecular weight excluding hydrogens is 473 g/mol. The zero-order chi connectivity index (χ0) is 26.5. The summed E-state index contributed by atoms with van der Waals surface area (Å²) in [7, 11) is 3.07. The highest BCUT2D eigenvalue weighted by atomic mass is 19.4. The molecule has 2 aromatic carbocycles. The molecule has 190 valence electrons.